The monoisotopic (exact) mass is 376 g/mol. The maximum atomic E-state index is 12.8. The van der Waals surface area contributed by atoms with Crippen LogP contribution < -0.4 is 10.6 Å². The molecule has 25 heavy (non-hydrogen) atoms. The van der Waals surface area contributed by atoms with Crippen molar-refractivity contribution < 1.29 is 22.7 Å². The summed E-state index contributed by atoms with van der Waals surface area (Å²) in [6.07, 6.45) is 1.74. The molecule has 0 aromatic carbocycles. The summed E-state index contributed by atoms with van der Waals surface area (Å²) in [4.78, 5) is 26.4. The maximum absolute atomic E-state index is 12.8. The first-order valence-electron chi connectivity index (χ1n) is 8.70. The Morgan fingerprint density at radius 1 is 1.40 bits per heavy atom. The van der Waals surface area contributed by atoms with E-state index in [9.17, 15) is 18.0 Å². The largest absolute Gasteiger partial charge is 0.385 e. The molecule has 0 bridgehead atoms. The van der Waals surface area contributed by atoms with E-state index in [0.29, 0.717) is 39.1 Å². The molecule has 10 heteroatoms. The van der Waals surface area contributed by atoms with Crippen molar-refractivity contribution in [1.82, 2.24) is 19.8 Å². The molecule has 2 saturated heterocycles. The van der Waals surface area contributed by atoms with Gasteiger partial charge in [0.1, 0.15) is 0 Å². The molecular weight excluding hydrogens is 348 g/mol. The number of hydrogen-bond donors (Lipinski definition) is 2. The molecule has 0 aromatic rings. The molecule has 2 aliphatic rings. The fourth-order valence-corrected chi connectivity index (χ4v) is 4.72. The van der Waals surface area contributed by atoms with Crippen LogP contribution in [0.15, 0.2) is 0 Å². The number of methoxy groups -OCH3 is 1. The highest BCUT2D eigenvalue weighted by atomic mass is 32.2. The van der Waals surface area contributed by atoms with E-state index in [1.54, 1.807) is 0 Å². The summed E-state index contributed by atoms with van der Waals surface area (Å²) >= 11 is 0. The van der Waals surface area contributed by atoms with Crippen LogP contribution in [0.3, 0.4) is 0 Å². The van der Waals surface area contributed by atoms with Gasteiger partial charge in [0.2, 0.25) is 10.0 Å². The third-order valence-electron chi connectivity index (χ3n) is 4.49. The Hall–Kier alpha value is -1.39. The van der Waals surface area contributed by atoms with Crippen LogP contribution in [0.5, 0.6) is 0 Å². The molecule has 2 aliphatic heterocycles. The Labute approximate surface area is 149 Å². The molecule has 2 fully saturated rings. The number of urea groups is 1. The van der Waals surface area contributed by atoms with Crippen LogP contribution in [0.2, 0.25) is 0 Å². The van der Waals surface area contributed by atoms with Crippen LogP contribution in [-0.2, 0) is 19.6 Å². The predicted molar refractivity (Wildman–Crippen MR) is 92.6 cm³/mol. The topological polar surface area (TPSA) is 108 Å². The highest BCUT2D eigenvalue weighted by Crippen LogP contribution is 2.24. The molecule has 2 atom stereocenters. The van der Waals surface area contributed by atoms with Crippen molar-refractivity contribution >= 4 is 22.0 Å². The molecule has 0 spiro atoms. The summed E-state index contributed by atoms with van der Waals surface area (Å²) in [5, 5.41) is 5.61. The van der Waals surface area contributed by atoms with Crippen LogP contribution in [0.1, 0.15) is 26.2 Å². The van der Waals surface area contributed by atoms with Crippen molar-refractivity contribution in [3.8, 4) is 0 Å². The minimum absolute atomic E-state index is 0.0863. The van der Waals surface area contributed by atoms with Gasteiger partial charge in [0.15, 0.2) is 0 Å². The number of ether oxygens (including phenoxy) is 1. The number of carbonyl (C=O) groups is 2. The van der Waals surface area contributed by atoms with E-state index < -0.39 is 22.0 Å². The Morgan fingerprint density at radius 3 is 2.84 bits per heavy atom. The summed E-state index contributed by atoms with van der Waals surface area (Å²) < 4.78 is 30.7. The van der Waals surface area contributed by atoms with Gasteiger partial charge in [0, 0.05) is 45.9 Å². The van der Waals surface area contributed by atoms with E-state index in [-0.39, 0.29) is 24.4 Å². The summed E-state index contributed by atoms with van der Waals surface area (Å²) in [7, 11) is -2.06. The van der Waals surface area contributed by atoms with E-state index in [4.69, 9.17) is 4.74 Å². The van der Waals surface area contributed by atoms with E-state index in [0.717, 1.165) is 10.7 Å². The molecule has 3 amide bonds. The van der Waals surface area contributed by atoms with Crippen molar-refractivity contribution in [2.75, 3.05) is 45.6 Å². The summed E-state index contributed by atoms with van der Waals surface area (Å²) in [6.45, 7) is 3.88. The molecule has 0 aliphatic carbocycles. The van der Waals surface area contributed by atoms with Gasteiger partial charge < -0.3 is 15.4 Å². The number of nitrogens with zero attached hydrogens (tertiary/aromatic N) is 2. The number of hydrogen-bond acceptors (Lipinski definition) is 6. The number of fused-ring (bicyclic) bond motifs is 1. The third kappa shape index (κ3) is 5.05. The Bertz CT molecular complexity index is 582. The number of nitrogens with one attached hydrogen (secondary N) is 2. The van der Waals surface area contributed by atoms with E-state index in [1.807, 2.05) is 11.8 Å². The minimum atomic E-state index is -3.60. The van der Waals surface area contributed by atoms with Crippen LogP contribution >= 0.6 is 0 Å². The average Bonchev–Trinajstić information content (AvgIpc) is 2.93. The lowest BCUT2D eigenvalue weighted by atomic mass is 10.1. The first-order valence-corrected chi connectivity index (χ1v) is 10.3. The molecular formula is C15H28N4O5S. The van der Waals surface area contributed by atoms with Crippen molar-refractivity contribution in [3.05, 3.63) is 0 Å². The van der Waals surface area contributed by atoms with E-state index >= 15 is 0 Å². The highest BCUT2D eigenvalue weighted by Gasteiger charge is 2.45. The van der Waals surface area contributed by atoms with Crippen molar-refractivity contribution in [1.29, 1.82) is 0 Å². The van der Waals surface area contributed by atoms with Crippen molar-refractivity contribution in [2.45, 2.75) is 38.3 Å². The highest BCUT2D eigenvalue weighted by molar-refractivity contribution is 7.89. The number of amides is 3. The van der Waals surface area contributed by atoms with Gasteiger partial charge >= 0.3 is 6.03 Å². The molecule has 0 unspecified atom stereocenters. The average molecular weight is 376 g/mol. The van der Waals surface area contributed by atoms with Gasteiger partial charge in [-0.3, -0.25) is 9.69 Å². The second kappa shape index (κ2) is 8.81. The van der Waals surface area contributed by atoms with E-state index in [1.165, 1.54) is 7.11 Å². The summed E-state index contributed by atoms with van der Waals surface area (Å²) in [6, 6.07) is -0.912. The fourth-order valence-electron chi connectivity index (χ4n) is 3.23. The molecule has 0 radical (unpaired) electrons. The van der Waals surface area contributed by atoms with Crippen LogP contribution in [0.25, 0.3) is 0 Å². The van der Waals surface area contributed by atoms with Gasteiger partial charge in [-0.2, -0.15) is 0 Å². The lowest BCUT2D eigenvalue weighted by Gasteiger charge is -2.23. The molecule has 9 nitrogen and oxygen atoms in total. The molecule has 2 rings (SSSR count). The summed E-state index contributed by atoms with van der Waals surface area (Å²) in [5.41, 5.74) is 0. The SMILES string of the molecule is CCCNC(=O)N[C@H]1C[C@H]2C(=O)N(CCCOC)S(=O)(=O)CCN2C1. The molecule has 2 heterocycles. The number of carbonyl (C=O) groups excluding carboxylic acids is 2. The van der Waals surface area contributed by atoms with Crippen molar-refractivity contribution in [2.24, 2.45) is 0 Å². The Morgan fingerprint density at radius 2 is 2.16 bits per heavy atom. The van der Waals surface area contributed by atoms with Gasteiger partial charge in [-0.15, -0.1) is 0 Å². The smallest absolute Gasteiger partial charge is 0.315 e. The molecule has 0 saturated carbocycles. The first-order chi connectivity index (χ1) is 11.9. The Balaban J connectivity index is 2.01. The molecule has 0 aromatic heterocycles. The van der Waals surface area contributed by atoms with Crippen LogP contribution in [-0.4, -0.2) is 87.3 Å². The lowest BCUT2D eigenvalue weighted by molar-refractivity contribution is -0.130. The minimum Gasteiger partial charge on any atom is -0.385 e. The second-order valence-electron chi connectivity index (χ2n) is 6.42. The van der Waals surface area contributed by atoms with Gasteiger partial charge in [-0.05, 0) is 19.3 Å². The van der Waals surface area contributed by atoms with Gasteiger partial charge in [0.25, 0.3) is 5.91 Å². The first kappa shape index (κ1) is 19.9. The maximum Gasteiger partial charge on any atom is 0.315 e. The van der Waals surface area contributed by atoms with Crippen molar-refractivity contribution in [3.63, 3.8) is 0 Å². The lowest BCUT2D eigenvalue weighted by Crippen LogP contribution is -2.45. The number of sulfonamides is 1. The fraction of sp³-hybridized carbons (Fsp3) is 0.867. The zero-order valence-corrected chi connectivity index (χ0v) is 15.7. The van der Waals surface area contributed by atoms with Gasteiger partial charge in [-0.1, -0.05) is 6.92 Å². The zero-order valence-electron chi connectivity index (χ0n) is 14.9. The Kier molecular flexibility index (Phi) is 7.03. The van der Waals surface area contributed by atoms with E-state index in [2.05, 4.69) is 10.6 Å². The quantitative estimate of drug-likeness (QED) is 0.572. The van der Waals surface area contributed by atoms with Crippen LogP contribution in [0, 0.1) is 0 Å². The number of rotatable bonds is 7. The van der Waals surface area contributed by atoms with Crippen LogP contribution in [0.4, 0.5) is 4.79 Å². The van der Waals surface area contributed by atoms with Gasteiger partial charge in [-0.25, -0.2) is 17.5 Å². The zero-order chi connectivity index (χ0) is 18.4. The van der Waals surface area contributed by atoms with Gasteiger partial charge in [0.05, 0.1) is 11.8 Å². The normalized spacial score (nSPS) is 26.2. The molecule has 2 N–H and O–H groups in total. The molecule has 144 valence electrons. The second-order valence-corrected chi connectivity index (χ2v) is 8.43. The standard InChI is InChI=1S/C15H28N4O5S/c1-3-5-16-15(21)17-12-10-13-14(20)19(6-4-8-24-2)25(22,23)9-7-18(13)11-12/h12-13H,3-11H2,1-2H3,(H2,16,17,21)/t12-,13-/m0/s1. The third-order valence-corrected chi connectivity index (χ3v) is 6.22. The predicted octanol–water partition coefficient (Wildman–Crippen LogP) is -0.653. The summed E-state index contributed by atoms with van der Waals surface area (Å²) in [5.74, 6) is -0.483.